The summed E-state index contributed by atoms with van der Waals surface area (Å²) in [6, 6.07) is 6.21. The van der Waals surface area contributed by atoms with Crippen LogP contribution in [-0.2, 0) is 34.2 Å². The Bertz CT molecular complexity index is 768. The molecule has 0 bridgehead atoms. The largest absolute Gasteiger partial charge is 0.444 e. The van der Waals surface area contributed by atoms with Crippen molar-refractivity contribution in [2.45, 2.75) is 58.5 Å². The molecule has 2 aliphatic rings. The van der Waals surface area contributed by atoms with E-state index in [0.29, 0.717) is 26.1 Å². The standard InChI is InChI=1S/C18H26N2O4S/c1-18(2,3)24-17(21)20-10-14-5-4-13(8-15(14)11-20)9-19-16-6-7-25(22,23)12-16/h4-5,8,16,19H,6-7,9-12H2,1-3H3. The van der Waals surface area contributed by atoms with Gasteiger partial charge in [0, 0.05) is 25.7 Å². The van der Waals surface area contributed by atoms with Gasteiger partial charge in [-0.05, 0) is 43.9 Å². The molecule has 1 saturated heterocycles. The van der Waals surface area contributed by atoms with Crippen LogP contribution in [0.3, 0.4) is 0 Å². The number of carbonyl (C=O) groups is 1. The minimum Gasteiger partial charge on any atom is -0.444 e. The number of amides is 1. The fourth-order valence-corrected chi connectivity index (χ4v) is 4.94. The highest BCUT2D eigenvalue weighted by Crippen LogP contribution is 2.26. The lowest BCUT2D eigenvalue weighted by molar-refractivity contribution is 0.0242. The van der Waals surface area contributed by atoms with Crippen molar-refractivity contribution in [1.82, 2.24) is 10.2 Å². The van der Waals surface area contributed by atoms with E-state index in [1.165, 1.54) is 0 Å². The maximum atomic E-state index is 12.2. The zero-order valence-corrected chi connectivity index (χ0v) is 15.9. The van der Waals surface area contributed by atoms with Crippen LogP contribution in [0.25, 0.3) is 0 Å². The first kappa shape index (κ1) is 18.2. The second kappa shape index (κ2) is 6.61. The van der Waals surface area contributed by atoms with E-state index in [0.717, 1.165) is 16.7 Å². The molecule has 2 heterocycles. The minimum atomic E-state index is -2.86. The Morgan fingerprint density at radius 3 is 2.64 bits per heavy atom. The fourth-order valence-electron chi connectivity index (χ4n) is 3.23. The van der Waals surface area contributed by atoms with Crippen LogP contribution in [0, 0.1) is 0 Å². The third-order valence-corrected chi connectivity index (χ3v) is 6.24. The topological polar surface area (TPSA) is 75.7 Å². The van der Waals surface area contributed by atoms with Crippen molar-refractivity contribution in [2.24, 2.45) is 0 Å². The van der Waals surface area contributed by atoms with E-state index >= 15 is 0 Å². The lowest BCUT2D eigenvalue weighted by Crippen LogP contribution is -2.33. The lowest BCUT2D eigenvalue weighted by Gasteiger charge is -2.24. The van der Waals surface area contributed by atoms with Gasteiger partial charge in [0.2, 0.25) is 0 Å². The molecule has 0 radical (unpaired) electrons. The van der Waals surface area contributed by atoms with Crippen molar-refractivity contribution in [2.75, 3.05) is 11.5 Å². The Labute approximate surface area is 149 Å². The first-order valence-electron chi connectivity index (χ1n) is 8.64. The number of rotatable bonds is 3. The van der Waals surface area contributed by atoms with E-state index in [4.69, 9.17) is 4.74 Å². The predicted molar refractivity (Wildman–Crippen MR) is 95.8 cm³/mol. The monoisotopic (exact) mass is 366 g/mol. The number of hydrogen-bond donors (Lipinski definition) is 1. The summed E-state index contributed by atoms with van der Waals surface area (Å²) in [7, 11) is -2.86. The molecule has 3 rings (SSSR count). The summed E-state index contributed by atoms with van der Waals surface area (Å²) in [5.41, 5.74) is 2.87. The number of ether oxygens (including phenoxy) is 1. The van der Waals surface area contributed by atoms with E-state index in [1.54, 1.807) is 4.90 Å². The second-order valence-corrected chi connectivity index (χ2v) is 10.1. The molecular formula is C18H26N2O4S. The molecule has 1 unspecified atom stereocenters. The number of nitrogens with one attached hydrogen (secondary N) is 1. The molecule has 1 aromatic rings. The van der Waals surface area contributed by atoms with Crippen LogP contribution >= 0.6 is 0 Å². The number of fused-ring (bicyclic) bond motifs is 1. The summed E-state index contributed by atoms with van der Waals surface area (Å²) in [6.07, 6.45) is 0.388. The van der Waals surface area contributed by atoms with Gasteiger partial charge in [0.15, 0.2) is 9.84 Å². The van der Waals surface area contributed by atoms with Gasteiger partial charge in [-0.25, -0.2) is 13.2 Å². The van der Waals surface area contributed by atoms with E-state index in [9.17, 15) is 13.2 Å². The van der Waals surface area contributed by atoms with Gasteiger partial charge in [-0.3, -0.25) is 4.90 Å². The van der Waals surface area contributed by atoms with Gasteiger partial charge in [-0.1, -0.05) is 18.2 Å². The van der Waals surface area contributed by atoms with Crippen LogP contribution < -0.4 is 5.32 Å². The lowest BCUT2D eigenvalue weighted by atomic mass is 10.1. The first-order valence-corrected chi connectivity index (χ1v) is 10.5. The zero-order valence-electron chi connectivity index (χ0n) is 15.0. The van der Waals surface area contributed by atoms with Crippen LogP contribution in [0.4, 0.5) is 4.79 Å². The van der Waals surface area contributed by atoms with Crippen molar-refractivity contribution in [1.29, 1.82) is 0 Å². The number of hydrogen-bond acceptors (Lipinski definition) is 5. The van der Waals surface area contributed by atoms with Gasteiger partial charge in [0.25, 0.3) is 0 Å². The maximum absolute atomic E-state index is 12.2. The Balaban J connectivity index is 1.58. The molecule has 1 fully saturated rings. The van der Waals surface area contributed by atoms with E-state index in [1.807, 2.05) is 32.9 Å². The summed E-state index contributed by atoms with van der Waals surface area (Å²) in [5.74, 6) is 0.504. The molecule has 2 aliphatic heterocycles. The predicted octanol–water partition coefficient (Wildman–Crippen LogP) is 2.21. The Kier molecular flexibility index (Phi) is 4.81. The summed E-state index contributed by atoms with van der Waals surface area (Å²) < 4.78 is 28.5. The highest BCUT2D eigenvalue weighted by atomic mass is 32.2. The highest BCUT2D eigenvalue weighted by molar-refractivity contribution is 7.91. The van der Waals surface area contributed by atoms with Gasteiger partial charge >= 0.3 is 6.09 Å². The molecule has 1 aromatic carbocycles. The average molecular weight is 366 g/mol. The average Bonchev–Trinajstić information content (AvgIpc) is 3.05. The summed E-state index contributed by atoms with van der Waals surface area (Å²) >= 11 is 0. The van der Waals surface area contributed by atoms with E-state index < -0.39 is 15.4 Å². The van der Waals surface area contributed by atoms with Crippen LogP contribution in [0.2, 0.25) is 0 Å². The third kappa shape index (κ3) is 4.73. The molecule has 0 spiro atoms. The van der Waals surface area contributed by atoms with Crippen molar-refractivity contribution in [3.05, 3.63) is 34.9 Å². The highest BCUT2D eigenvalue weighted by Gasteiger charge is 2.29. The van der Waals surface area contributed by atoms with Gasteiger partial charge in [-0.15, -0.1) is 0 Å². The quantitative estimate of drug-likeness (QED) is 0.888. The smallest absolute Gasteiger partial charge is 0.410 e. The Hall–Kier alpha value is -1.60. The van der Waals surface area contributed by atoms with Crippen molar-refractivity contribution < 1.29 is 17.9 Å². The molecule has 138 valence electrons. The van der Waals surface area contributed by atoms with Gasteiger partial charge in [0.1, 0.15) is 5.60 Å². The van der Waals surface area contributed by atoms with Crippen LogP contribution in [-0.4, -0.2) is 42.6 Å². The Morgan fingerprint density at radius 2 is 2.00 bits per heavy atom. The van der Waals surface area contributed by atoms with Crippen molar-refractivity contribution >= 4 is 15.9 Å². The van der Waals surface area contributed by atoms with Gasteiger partial charge < -0.3 is 10.1 Å². The van der Waals surface area contributed by atoms with E-state index in [2.05, 4.69) is 11.4 Å². The van der Waals surface area contributed by atoms with Gasteiger partial charge in [-0.2, -0.15) is 0 Å². The SMILES string of the molecule is CC(C)(C)OC(=O)N1Cc2ccc(CNC3CCS(=O)(=O)C3)cc2C1. The van der Waals surface area contributed by atoms with Gasteiger partial charge in [0.05, 0.1) is 11.5 Å². The molecule has 0 aliphatic carbocycles. The van der Waals surface area contributed by atoms with Crippen LogP contribution in [0.5, 0.6) is 0 Å². The van der Waals surface area contributed by atoms with E-state index in [-0.39, 0.29) is 23.6 Å². The zero-order chi connectivity index (χ0) is 18.2. The molecule has 25 heavy (non-hydrogen) atoms. The molecule has 0 saturated carbocycles. The molecule has 1 amide bonds. The van der Waals surface area contributed by atoms with Crippen molar-refractivity contribution in [3.8, 4) is 0 Å². The summed E-state index contributed by atoms with van der Waals surface area (Å²) in [5, 5.41) is 3.33. The summed E-state index contributed by atoms with van der Waals surface area (Å²) in [6.45, 7) is 7.35. The summed E-state index contributed by atoms with van der Waals surface area (Å²) in [4.78, 5) is 13.9. The number of carbonyl (C=O) groups excluding carboxylic acids is 1. The molecule has 6 nitrogen and oxygen atoms in total. The second-order valence-electron chi connectivity index (χ2n) is 7.92. The molecule has 1 atom stereocenters. The number of benzene rings is 1. The molecule has 7 heteroatoms. The first-order chi connectivity index (χ1) is 11.6. The molecular weight excluding hydrogens is 340 g/mol. The maximum Gasteiger partial charge on any atom is 0.410 e. The van der Waals surface area contributed by atoms with Crippen molar-refractivity contribution in [3.63, 3.8) is 0 Å². The fraction of sp³-hybridized carbons (Fsp3) is 0.611. The molecule has 1 N–H and O–H groups in total. The Morgan fingerprint density at radius 1 is 1.28 bits per heavy atom. The van der Waals surface area contributed by atoms with Crippen LogP contribution in [0.15, 0.2) is 18.2 Å². The number of sulfone groups is 1. The molecule has 0 aromatic heterocycles. The third-order valence-electron chi connectivity index (χ3n) is 4.47. The number of nitrogens with zero attached hydrogens (tertiary/aromatic N) is 1. The van der Waals surface area contributed by atoms with Crippen LogP contribution in [0.1, 0.15) is 43.9 Å². The normalized spacial score (nSPS) is 22.0. The minimum absolute atomic E-state index is 0.0384.